The highest BCUT2D eigenvalue weighted by atomic mass is 35.5. The molecular weight excluding hydrogens is 384 g/mol. The van der Waals surface area contributed by atoms with Gasteiger partial charge in [-0.15, -0.1) is 10.2 Å². The Morgan fingerprint density at radius 3 is 2.79 bits per heavy atom. The average Bonchev–Trinajstić information content (AvgIpc) is 3.01. The monoisotopic (exact) mass is 398 g/mol. The van der Waals surface area contributed by atoms with Gasteiger partial charge in [0.25, 0.3) is 0 Å². The summed E-state index contributed by atoms with van der Waals surface area (Å²) in [5.74, 6) is 1.09. The first-order chi connectivity index (χ1) is 11.6. The second-order valence-corrected chi connectivity index (χ2v) is 8.64. The molecule has 0 aliphatic carbocycles. The number of rotatable bonds is 8. The molecule has 0 fully saturated rings. The maximum atomic E-state index is 12.6. The van der Waals surface area contributed by atoms with Crippen LogP contribution in [-0.2, 0) is 4.79 Å². The maximum absolute atomic E-state index is 12.6. The third-order valence-electron chi connectivity index (χ3n) is 2.84. The number of amides is 1. The lowest BCUT2D eigenvalue weighted by molar-refractivity contribution is -0.116. The molecule has 0 N–H and O–H groups in total. The van der Waals surface area contributed by atoms with Gasteiger partial charge in [0.2, 0.25) is 5.91 Å². The Bertz CT molecular complexity index is 732. The fraction of sp³-hybridized carbons (Fsp3) is 0.333. The van der Waals surface area contributed by atoms with Crippen molar-refractivity contribution in [2.24, 2.45) is 0 Å². The van der Waals surface area contributed by atoms with Crippen molar-refractivity contribution < 1.29 is 4.79 Å². The number of hydrogen-bond donors (Lipinski definition) is 0. The Morgan fingerprint density at radius 1 is 1.38 bits per heavy atom. The minimum absolute atomic E-state index is 0.0857. The molecule has 2 aromatic rings. The van der Waals surface area contributed by atoms with Gasteiger partial charge in [-0.2, -0.15) is 5.26 Å². The summed E-state index contributed by atoms with van der Waals surface area (Å²) in [6.07, 6.45) is 0.263. The normalized spacial score (nSPS) is 10.4. The van der Waals surface area contributed by atoms with E-state index in [1.165, 1.54) is 23.1 Å². The fourth-order valence-electron chi connectivity index (χ4n) is 1.84. The van der Waals surface area contributed by atoms with Crippen molar-refractivity contribution in [3.63, 3.8) is 0 Å². The lowest BCUT2D eigenvalue weighted by atomic mass is 10.2. The van der Waals surface area contributed by atoms with Crippen molar-refractivity contribution in [2.75, 3.05) is 23.0 Å². The van der Waals surface area contributed by atoms with Crippen molar-refractivity contribution in [1.29, 1.82) is 5.26 Å². The lowest BCUT2D eigenvalue weighted by Gasteiger charge is -2.21. The van der Waals surface area contributed by atoms with E-state index < -0.39 is 0 Å². The Kier molecular flexibility index (Phi) is 7.85. The number of aromatic nitrogens is 2. The third-order valence-corrected chi connectivity index (χ3v) is 6.13. The molecule has 0 aliphatic rings. The van der Waals surface area contributed by atoms with Crippen LogP contribution < -0.4 is 4.90 Å². The molecule has 0 spiro atoms. The standard InChI is InChI=1S/C15H15ClN4OS3/c1-2-22-14-18-19-15(24-14)23-10-13(21)20(8-4-7-17)12-6-3-5-11(16)9-12/h3,5-6,9H,2,4,8,10H2,1H3. The second-order valence-electron chi connectivity index (χ2n) is 4.49. The van der Waals surface area contributed by atoms with Crippen LogP contribution in [0.25, 0.3) is 0 Å². The van der Waals surface area contributed by atoms with Crippen LogP contribution in [0.15, 0.2) is 32.9 Å². The summed E-state index contributed by atoms with van der Waals surface area (Å²) in [5, 5.41) is 17.5. The van der Waals surface area contributed by atoms with E-state index in [2.05, 4.69) is 23.2 Å². The molecule has 0 atom stereocenters. The van der Waals surface area contributed by atoms with E-state index in [-0.39, 0.29) is 18.1 Å². The van der Waals surface area contributed by atoms with E-state index in [9.17, 15) is 4.79 Å². The molecule has 0 radical (unpaired) electrons. The highest BCUT2D eigenvalue weighted by Gasteiger charge is 2.17. The molecule has 0 aliphatic heterocycles. The SMILES string of the molecule is CCSc1nnc(SCC(=O)N(CCC#N)c2cccc(Cl)c2)s1. The molecule has 0 saturated carbocycles. The number of hydrogen-bond acceptors (Lipinski definition) is 7. The number of nitriles is 1. The fourth-order valence-corrected chi connectivity index (χ4v) is 4.82. The van der Waals surface area contributed by atoms with Crippen LogP contribution in [-0.4, -0.2) is 34.2 Å². The first-order valence-corrected chi connectivity index (χ1v) is 10.3. The van der Waals surface area contributed by atoms with Crippen LogP contribution in [0.4, 0.5) is 5.69 Å². The molecule has 126 valence electrons. The highest BCUT2D eigenvalue weighted by molar-refractivity contribution is 8.03. The molecule has 1 heterocycles. The molecule has 0 bridgehead atoms. The van der Waals surface area contributed by atoms with Crippen LogP contribution in [0.1, 0.15) is 13.3 Å². The van der Waals surface area contributed by atoms with Crippen LogP contribution in [0.3, 0.4) is 0 Å². The maximum Gasteiger partial charge on any atom is 0.237 e. The van der Waals surface area contributed by atoms with Crippen LogP contribution in [0.2, 0.25) is 5.02 Å². The van der Waals surface area contributed by atoms with Crippen molar-refractivity contribution in [1.82, 2.24) is 10.2 Å². The number of carbonyl (C=O) groups excluding carboxylic acids is 1. The van der Waals surface area contributed by atoms with Crippen LogP contribution in [0.5, 0.6) is 0 Å². The number of nitrogens with zero attached hydrogens (tertiary/aromatic N) is 4. The molecule has 24 heavy (non-hydrogen) atoms. The zero-order valence-electron chi connectivity index (χ0n) is 12.9. The molecule has 1 amide bonds. The zero-order chi connectivity index (χ0) is 17.4. The summed E-state index contributed by atoms with van der Waals surface area (Å²) in [6, 6.07) is 9.15. The van der Waals surface area contributed by atoms with E-state index in [1.54, 1.807) is 34.9 Å². The molecule has 0 unspecified atom stereocenters. The Labute approximate surface area is 158 Å². The van der Waals surface area contributed by atoms with Gasteiger partial charge < -0.3 is 4.90 Å². The number of benzene rings is 1. The molecule has 1 aromatic heterocycles. The average molecular weight is 399 g/mol. The van der Waals surface area contributed by atoms with Gasteiger partial charge in [-0.05, 0) is 24.0 Å². The molecule has 5 nitrogen and oxygen atoms in total. The number of halogens is 1. The summed E-state index contributed by atoms with van der Waals surface area (Å²) in [5.41, 5.74) is 0.697. The van der Waals surface area contributed by atoms with Gasteiger partial charge >= 0.3 is 0 Å². The first-order valence-electron chi connectivity index (χ1n) is 7.16. The van der Waals surface area contributed by atoms with Gasteiger partial charge in [0.1, 0.15) is 0 Å². The summed E-state index contributed by atoms with van der Waals surface area (Å²) in [7, 11) is 0. The van der Waals surface area contributed by atoms with Gasteiger partial charge in [0.15, 0.2) is 8.68 Å². The number of carbonyl (C=O) groups is 1. The Morgan fingerprint density at radius 2 is 2.12 bits per heavy atom. The smallest absolute Gasteiger partial charge is 0.237 e. The van der Waals surface area contributed by atoms with Gasteiger partial charge in [-0.1, -0.05) is 59.5 Å². The zero-order valence-corrected chi connectivity index (χ0v) is 16.1. The second kappa shape index (κ2) is 9.89. The molecule has 0 saturated heterocycles. The molecule has 2 rings (SSSR count). The topological polar surface area (TPSA) is 69.9 Å². The third kappa shape index (κ3) is 5.67. The quantitative estimate of drug-likeness (QED) is 0.616. The largest absolute Gasteiger partial charge is 0.311 e. The lowest BCUT2D eigenvalue weighted by Crippen LogP contribution is -2.33. The predicted octanol–water partition coefficient (Wildman–Crippen LogP) is 4.34. The molecule has 9 heteroatoms. The van der Waals surface area contributed by atoms with Gasteiger partial charge in [-0.3, -0.25) is 4.79 Å². The molecule has 1 aromatic carbocycles. The van der Waals surface area contributed by atoms with Gasteiger partial charge in [-0.25, -0.2) is 0 Å². The summed E-state index contributed by atoms with van der Waals surface area (Å²) in [4.78, 5) is 14.2. The van der Waals surface area contributed by atoms with Gasteiger partial charge in [0, 0.05) is 17.3 Å². The minimum atomic E-state index is -0.0857. The summed E-state index contributed by atoms with van der Waals surface area (Å²) < 4.78 is 1.68. The Balaban J connectivity index is 2.03. The van der Waals surface area contributed by atoms with Crippen molar-refractivity contribution in [3.8, 4) is 6.07 Å². The van der Waals surface area contributed by atoms with E-state index in [0.29, 0.717) is 17.3 Å². The van der Waals surface area contributed by atoms with Crippen molar-refractivity contribution >= 4 is 58.1 Å². The van der Waals surface area contributed by atoms with Gasteiger partial charge in [0.05, 0.1) is 18.2 Å². The first kappa shape index (κ1) is 19.1. The number of thioether (sulfide) groups is 2. The molecular formula is C15H15ClN4OS3. The van der Waals surface area contributed by atoms with Crippen LogP contribution in [0, 0.1) is 11.3 Å². The Hall–Kier alpha value is -1.27. The number of anilines is 1. The van der Waals surface area contributed by atoms with E-state index in [1.807, 2.05) is 6.07 Å². The minimum Gasteiger partial charge on any atom is -0.311 e. The van der Waals surface area contributed by atoms with E-state index >= 15 is 0 Å². The summed E-state index contributed by atoms with van der Waals surface area (Å²) in [6.45, 7) is 2.39. The van der Waals surface area contributed by atoms with E-state index in [0.717, 1.165) is 14.4 Å². The van der Waals surface area contributed by atoms with E-state index in [4.69, 9.17) is 16.9 Å². The van der Waals surface area contributed by atoms with Crippen LogP contribution >= 0.6 is 46.5 Å². The van der Waals surface area contributed by atoms with Crippen molar-refractivity contribution in [3.05, 3.63) is 29.3 Å². The summed E-state index contributed by atoms with van der Waals surface area (Å²) >= 11 is 10.5. The highest BCUT2D eigenvalue weighted by Crippen LogP contribution is 2.29. The predicted molar refractivity (Wildman–Crippen MR) is 101 cm³/mol. The van der Waals surface area contributed by atoms with Crippen molar-refractivity contribution in [2.45, 2.75) is 22.0 Å².